The molecule has 3 nitrogen and oxygen atoms in total. The lowest BCUT2D eigenvalue weighted by Crippen LogP contribution is -2.52. The van der Waals surface area contributed by atoms with E-state index in [-0.39, 0.29) is 11.4 Å². The van der Waals surface area contributed by atoms with Crippen LogP contribution in [0, 0.1) is 0 Å². The molecule has 1 aliphatic heterocycles. The summed E-state index contributed by atoms with van der Waals surface area (Å²) in [6.07, 6.45) is 1.92. The van der Waals surface area contributed by atoms with Crippen LogP contribution in [0.4, 0.5) is 0 Å². The summed E-state index contributed by atoms with van der Waals surface area (Å²) in [5, 5.41) is 6.98. The molecular formula is C13H17ClN2O. The van der Waals surface area contributed by atoms with Gasteiger partial charge in [-0.1, -0.05) is 17.7 Å². The number of benzene rings is 1. The Labute approximate surface area is 107 Å². The summed E-state index contributed by atoms with van der Waals surface area (Å²) >= 11 is 5.88. The van der Waals surface area contributed by atoms with Crippen molar-refractivity contribution in [2.75, 3.05) is 13.1 Å². The summed E-state index contributed by atoms with van der Waals surface area (Å²) in [6, 6.07) is 7.04. The first kappa shape index (κ1) is 12.4. The molecule has 1 aromatic carbocycles. The van der Waals surface area contributed by atoms with Crippen molar-refractivity contribution in [3.05, 3.63) is 34.9 Å². The van der Waals surface area contributed by atoms with E-state index < -0.39 is 0 Å². The number of hydrogen-bond donors (Lipinski definition) is 2. The SMILES string of the molecule is CC1(NC(=O)c2cccc(Cl)c2)CCNCC1. The molecular weight excluding hydrogens is 236 g/mol. The number of piperidine rings is 1. The maximum absolute atomic E-state index is 12.1. The number of carbonyl (C=O) groups excluding carboxylic acids is 1. The zero-order valence-electron chi connectivity index (χ0n) is 9.92. The minimum absolute atomic E-state index is 0.0445. The molecule has 1 saturated heterocycles. The van der Waals surface area contributed by atoms with Gasteiger partial charge in [0.05, 0.1) is 0 Å². The van der Waals surface area contributed by atoms with Crippen LogP contribution < -0.4 is 10.6 Å². The average molecular weight is 253 g/mol. The van der Waals surface area contributed by atoms with Crippen molar-refractivity contribution >= 4 is 17.5 Å². The van der Waals surface area contributed by atoms with Crippen molar-refractivity contribution in [2.45, 2.75) is 25.3 Å². The van der Waals surface area contributed by atoms with Gasteiger partial charge in [-0.2, -0.15) is 0 Å². The normalized spacial score (nSPS) is 18.7. The highest BCUT2D eigenvalue weighted by molar-refractivity contribution is 6.30. The summed E-state index contributed by atoms with van der Waals surface area (Å²) in [7, 11) is 0. The van der Waals surface area contributed by atoms with Crippen molar-refractivity contribution < 1.29 is 4.79 Å². The first-order chi connectivity index (χ1) is 8.09. The summed E-state index contributed by atoms with van der Waals surface area (Å²) < 4.78 is 0. The molecule has 1 amide bonds. The predicted molar refractivity (Wildman–Crippen MR) is 69.4 cm³/mol. The maximum atomic E-state index is 12.1. The highest BCUT2D eigenvalue weighted by Gasteiger charge is 2.28. The highest BCUT2D eigenvalue weighted by Crippen LogP contribution is 2.18. The topological polar surface area (TPSA) is 41.1 Å². The Morgan fingerprint density at radius 1 is 1.41 bits per heavy atom. The van der Waals surface area contributed by atoms with E-state index in [1.54, 1.807) is 24.3 Å². The fraction of sp³-hybridized carbons (Fsp3) is 0.462. The van der Waals surface area contributed by atoms with Gasteiger partial charge >= 0.3 is 0 Å². The molecule has 0 radical (unpaired) electrons. The first-order valence-electron chi connectivity index (χ1n) is 5.88. The Balaban J connectivity index is 2.06. The maximum Gasteiger partial charge on any atom is 0.251 e. The van der Waals surface area contributed by atoms with Gasteiger partial charge in [0.15, 0.2) is 0 Å². The molecule has 92 valence electrons. The molecule has 1 aromatic rings. The predicted octanol–water partition coefficient (Wildman–Crippen LogP) is 2.21. The summed E-state index contributed by atoms with van der Waals surface area (Å²) in [6.45, 7) is 3.99. The second-order valence-corrected chi connectivity index (χ2v) is 5.21. The summed E-state index contributed by atoms with van der Waals surface area (Å²) in [5.41, 5.74) is 0.516. The molecule has 2 N–H and O–H groups in total. The lowest BCUT2D eigenvalue weighted by Gasteiger charge is -2.35. The second kappa shape index (κ2) is 5.07. The number of nitrogens with one attached hydrogen (secondary N) is 2. The third kappa shape index (κ3) is 3.20. The Morgan fingerprint density at radius 3 is 2.76 bits per heavy atom. The molecule has 0 bridgehead atoms. The molecule has 17 heavy (non-hydrogen) atoms. The van der Waals surface area contributed by atoms with Crippen LogP contribution >= 0.6 is 11.6 Å². The minimum atomic E-state index is -0.106. The number of halogens is 1. The number of amides is 1. The number of hydrogen-bond acceptors (Lipinski definition) is 2. The van der Waals surface area contributed by atoms with Crippen LogP contribution in [0.15, 0.2) is 24.3 Å². The molecule has 0 spiro atoms. The van der Waals surface area contributed by atoms with Crippen LogP contribution in [0.25, 0.3) is 0 Å². The molecule has 1 aliphatic rings. The lowest BCUT2D eigenvalue weighted by molar-refractivity contribution is 0.0887. The van der Waals surface area contributed by atoms with Gasteiger partial charge in [-0.05, 0) is 51.1 Å². The van der Waals surface area contributed by atoms with Crippen molar-refractivity contribution in [3.63, 3.8) is 0 Å². The van der Waals surface area contributed by atoms with E-state index in [9.17, 15) is 4.79 Å². The van der Waals surface area contributed by atoms with Gasteiger partial charge in [-0.3, -0.25) is 4.79 Å². The zero-order chi connectivity index (χ0) is 12.3. The van der Waals surface area contributed by atoms with E-state index in [0.717, 1.165) is 25.9 Å². The van der Waals surface area contributed by atoms with Crippen molar-refractivity contribution in [1.29, 1.82) is 0 Å². The van der Waals surface area contributed by atoms with Crippen LogP contribution in [0.1, 0.15) is 30.1 Å². The van der Waals surface area contributed by atoms with Crippen molar-refractivity contribution in [2.24, 2.45) is 0 Å². The molecule has 0 saturated carbocycles. The second-order valence-electron chi connectivity index (χ2n) is 4.78. The van der Waals surface area contributed by atoms with E-state index in [1.807, 2.05) is 0 Å². The van der Waals surface area contributed by atoms with Gasteiger partial charge in [-0.25, -0.2) is 0 Å². The van der Waals surface area contributed by atoms with Crippen LogP contribution in [0.2, 0.25) is 5.02 Å². The van der Waals surface area contributed by atoms with E-state index in [2.05, 4.69) is 17.6 Å². The van der Waals surface area contributed by atoms with Crippen LogP contribution in [0.5, 0.6) is 0 Å². The van der Waals surface area contributed by atoms with Crippen LogP contribution in [-0.2, 0) is 0 Å². The van der Waals surface area contributed by atoms with Gasteiger partial charge in [0.2, 0.25) is 0 Å². The van der Waals surface area contributed by atoms with Crippen molar-refractivity contribution in [1.82, 2.24) is 10.6 Å². The fourth-order valence-electron chi connectivity index (χ4n) is 2.08. The molecule has 0 aromatic heterocycles. The molecule has 0 unspecified atom stereocenters. The number of carbonyl (C=O) groups is 1. The van der Waals surface area contributed by atoms with E-state index in [1.165, 1.54) is 0 Å². The Morgan fingerprint density at radius 2 is 2.12 bits per heavy atom. The highest BCUT2D eigenvalue weighted by atomic mass is 35.5. The van der Waals surface area contributed by atoms with Crippen LogP contribution in [0.3, 0.4) is 0 Å². The Bertz CT molecular complexity index is 414. The Kier molecular flexibility index (Phi) is 3.69. The smallest absolute Gasteiger partial charge is 0.251 e. The van der Waals surface area contributed by atoms with Crippen LogP contribution in [-0.4, -0.2) is 24.5 Å². The minimum Gasteiger partial charge on any atom is -0.347 e. The first-order valence-corrected chi connectivity index (χ1v) is 6.26. The van der Waals surface area contributed by atoms with E-state index >= 15 is 0 Å². The molecule has 2 rings (SSSR count). The average Bonchev–Trinajstić information content (AvgIpc) is 2.29. The van der Waals surface area contributed by atoms with Gasteiger partial charge in [0, 0.05) is 16.1 Å². The van der Waals surface area contributed by atoms with Gasteiger partial charge < -0.3 is 10.6 Å². The third-order valence-electron chi connectivity index (χ3n) is 3.21. The van der Waals surface area contributed by atoms with E-state index in [4.69, 9.17) is 11.6 Å². The number of rotatable bonds is 2. The molecule has 0 atom stereocenters. The zero-order valence-corrected chi connectivity index (χ0v) is 10.7. The largest absolute Gasteiger partial charge is 0.347 e. The molecule has 1 heterocycles. The monoisotopic (exact) mass is 252 g/mol. The molecule has 4 heteroatoms. The molecule has 0 aliphatic carbocycles. The molecule has 1 fully saturated rings. The third-order valence-corrected chi connectivity index (χ3v) is 3.44. The standard InChI is InChI=1S/C13H17ClN2O/c1-13(5-7-15-8-6-13)16-12(17)10-3-2-4-11(14)9-10/h2-4,9,15H,5-8H2,1H3,(H,16,17). The van der Waals surface area contributed by atoms with Gasteiger partial charge in [-0.15, -0.1) is 0 Å². The fourth-order valence-corrected chi connectivity index (χ4v) is 2.27. The quantitative estimate of drug-likeness (QED) is 0.847. The summed E-state index contributed by atoms with van der Waals surface area (Å²) in [4.78, 5) is 12.1. The lowest BCUT2D eigenvalue weighted by atomic mass is 9.90. The van der Waals surface area contributed by atoms with Gasteiger partial charge in [0.1, 0.15) is 0 Å². The Hall–Kier alpha value is -1.06. The van der Waals surface area contributed by atoms with E-state index in [0.29, 0.717) is 10.6 Å². The van der Waals surface area contributed by atoms with Crippen molar-refractivity contribution in [3.8, 4) is 0 Å². The van der Waals surface area contributed by atoms with Gasteiger partial charge in [0.25, 0.3) is 5.91 Å². The summed E-state index contributed by atoms with van der Waals surface area (Å²) in [5.74, 6) is -0.0445.